The number of aliphatic hydroxyl groups excluding tert-OH is 1. The van der Waals surface area contributed by atoms with E-state index in [2.05, 4.69) is 11.8 Å². The van der Waals surface area contributed by atoms with Crippen molar-refractivity contribution in [3.63, 3.8) is 0 Å². The van der Waals surface area contributed by atoms with Crippen molar-refractivity contribution < 1.29 is 5.11 Å². The molecular weight excluding hydrogens is 138 g/mol. The van der Waals surface area contributed by atoms with Crippen molar-refractivity contribution in [3.05, 3.63) is 0 Å². The van der Waals surface area contributed by atoms with E-state index in [0.717, 1.165) is 12.6 Å². The minimum Gasteiger partial charge on any atom is -0.395 e. The first-order valence-corrected chi connectivity index (χ1v) is 4.73. The summed E-state index contributed by atoms with van der Waals surface area (Å²) in [6.07, 6.45) is 5.24. The van der Waals surface area contributed by atoms with E-state index in [1.54, 1.807) is 0 Å². The third-order valence-electron chi connectivity index (χ3n) is 2.51. The molecule has 1 aliphatic heterocycles. The van der Waals surface area contributed by atoms with Gasteiger partial charge in [0.2, 0.25) is 0 Å². The Kier molecular flexibility index (Phi) is 3.87. The summed E-state index contributed by atoms with van der Waals surface area (Å²) in [5.41, 5.74) is 0. The fourth-order valence-electron chi connectivity index (χ4n) is 1.98. The zero-order chi connectivity index (χ0) is 8.10. The molecule has 1 rings (SSSR count). The van der Waals surface area contributed by atoms with Crippen molar-refractivity contribution in [3.8, 4) is 0 Å². The summed E-state index contributed by atoms with van der Waals surface area (Å²) in [5, 5.41) is 8.77. The second-order valence-electron chi connectivity index (χ2n) is 3.34. The van der Waals surface area contributed by atoms with Crippen LogP contribution in [0, 0.1) is 0 Å². The zero-order valence-corrected chi connectivity index (χ0v) is 7.42. The molecule has 0 unspecified atom stereocenters. The third kappa shape index (κ3) is 2.46. The summed E-state index contributed by atoms with van der Waals surface area (Å²) >= 11 is 0. The van der Waals surface area contributed by atoms with E-state index < -0.39 is 0 Å². The molecule has 66 valence electrons. The van der Waals surface area contributed by atoms with Gasteiger partial charge in [0.25, 0.3) is 0 Å². The molecule has 2 heteroatoms. The quantitative estimate of drug-likeness (QED) is 0.663. The molecule has 1 atom stereocenters. The normalized spacial score (nSPS) is 26.2. The molecule has 1 N–H and O–H groups in total. The van der Waals surface area contributed by atoms with Crippen molar-refractivity contribution in [2.75, 3.05) is 19.7 Å². The van der Waals surface area contributed by atoms with Crippen molar-refractivity contribution in [2.45, 2.75) is 38.6 Å². The lowest BCUT2D eigenvalue weighted by Gasteiger charge is -2.22. The Morgan fingerprint density at radius 1 is 1.55 bits per heavy atom. The number of rotatable bonds is 4. The van der Waals surface area contributed by atoms with Gasteiger partial charge >= 0.3 is 0 Å². The largest absolute Gasteiger partial charge is 0.395 e. The Morgan fingerprint density at radius 2 is 2.36 bits per heavy atom. The Hall–Kier alpha value is -0.0800. The van der Waals surface area contributed by atoms with Crippen molar-refractivity contribution in [2.24, 2.45) is 0 Å². The summed E-state index contributed by atoms with van der Waals surface area (Å²) in [5.74, 6) is 0. The van der Waals surface area contributed by atoms with E-state index >= 15 is 0 Å². The van der Waals surface area contributed by atoms with Crippen LogP contribution in [0.3, 0.4) is 0 Å². The zero-order valence-electron chi connectivity index (χ0n) is 7.42. The second-order valence-corrected chi connectivity index (χ2v) is 3.34. The van der Waals surface area contributed by atoms with Gasteiger partial charge in [0.05, 0.1) is 6.61 Å². The smallest absolute Gasteiger partial charge is 0.0558 e. The van der Waals surface area contributed by atoms with E-state index in [4.69, 9.17) is 5.11 Å². The molecular formula is C9H19NO. The molecule has 0 radical (unpaired) electrons. The highest BCUT2D eigenvalue weighted by atomic mass is 16.3. The minimum absolute atomic E-state index is 0.320. The Morgan fingerprint density at radius 3 is 3.00 bits per heavy atom. The van der Waals surface area contributed by atoms with Crippen LogP contribution in [0.25, 0.3) is 0 Å². The highest BCUT2D eigenvalue weighted by molar-refractivity contribution is 4.78. The molecule has 0 bridgehead atoms. The number of hydrogen-bond acceptors (Lipinski definition) is 2. The maximum absolute atomic E-state index is 8.77. The second kappa shape index (κ2) is 4.73. The molecule has 1 saturated heterocycles. The standard InChI is InChI=1S/C9H19NO/c1-2-4-9-5-3-6-10(9)7-8-11/h9,11H,2-8H2,1H3/t9-/m0/s1. The monoisotopic (exact) mass is 157 g/mol. The minimum atomic E-state index is 0.320. The van der Waals surface area contributed by atoms with Crippen molar-refractivity contribution in [1.29, 1.82) is 0 Å². The number of β-amino-alcohol motifs (C(OH)–C–C–N with tert-alkyl or cyclic N) is 1. The van der Waals surface area contributed by atoms with E-state index in [1.165, 1.54) is 32.2 Å². The van der Waals surface area contributed by atoms with E-state index in [0.29, 0.717) is 6.61 Å². The van der Waals surface area contributed by atoms with Crippen LogP contribution in [-0.2, 0) is 0 Å². The Labute approximate surface area is 69.2 Å². The lowest BCUT2D eigenvalue weighted by Crippen LogP contribution is -2.31. The lowest BCUT2D eigenvalue weighted by molar-refractivity contribution is 0.179. The molecule has 1 heterocycles. The molecule has 0 saturated carbocycles. The van der Waals surface area contributed by atoms with Gasteiger partial charge in [0.15, 0.2) is 0 Å². The Bertz CT molecular complexity index is 93.7. The molecule has 0 amide bonds. The maximum atomic E-state index is 8.77. The number of hydrogen-bond donors (Lipinski definition) is 1. The van der Waals surface area contributed by atoms with Crippen LogP contribution in [0.4, 0.5) is 0 Å². The summed E-state index contributed by atoms with van der Waals surface area (Å²) in [6, 6.07) is 0.771. The van der Waals surface area contributed by atoms with E-state index in [1.807, 2.05) is 0 Å². The average molecular weight is 157 g/mol. The van der Waals surface area contributed by atoms with Crippen LogP contribution < -0.4 is 0 Å². The van der Waals surface area contributed by atoms with Crippen LogP contribution >= 0.6 is 0 Å². The molecule has 0 aliphatic carbocycles. The molecule has 11 heavy (non-hydrogen) atoms. The summed E-state index contributed by atoms with van der Waals surface area (Å²) < 4.78 is 0. The van der Waals surface area contributed by atoms with Gasteiger partial charge in [-0.15, -0.1) is 0 Å². The molecule has 0 spiro atoms. The summed E-state index contributed by atoms with van der Waals surface area (Å²) in [6.45, 7) is 4.63. The van der Waals surface area contributed by atoms with Gasteiger partial charge in [-0.3, -0.25) is 4.90 Å². The molecule has 1 aliphatic rings. The third-order valence-corrected chi connectivity index (χ3v) is 2.51. The average Bonchev–Trinajstić information content (AvgIpc) is 2.39. The predicted octanol–water partition coefficient (Wildman–Crippen LogP) is 1.24. The number of aliphatic hydroxyl groups is 1. The lowest BCUT2D eigenvalue weighted by atomic mass is 10.1. The highest BCUT2D eigenvalue weighted by Gasteiger charge is 2.22. The van der Waals surface area contributed by atoms with Crippen LogP contribution in [0.2, 0.25) is 0 Å². The number of nitrogens with zero attached hydrogens (tertiary/aromatic N) is 1. The van der Waals surface area contributed by atoms with Gasteiger partial charge in [0, 0.05) is 12.6 Å². The molecule has 1 fully saturated rings. The van der Waals surface area contributed by atoms with E-state index in [9.17, 15) is 0 Å². The fourth-order valence-corrected chi connectivity index (χ4v) is 1.98. The fraction of sp³-hybridized carbons (Fsp3) is 1.00. The van der Waals surface area contributed by atoms with Gasteiger partial charge in [0.1, 0.15) is 0 Å². The van der Waals surface area contributed by atoms with Gasteiger partial charge < -0.3 is 5.11 Å². The van der Waals surface area contributed by atoms with Gasteiger partial charge in [-0.2, -0.15) is 0 Å². The molecule has 0 aromatic carbocycles. The van der Waals surface area contributed by atoms with Crippen molar-refractivity contribution >= 4 is 0 Å². The van der Waals surface area contributed by atoms with Crippen LogP contribution in [0.5, 0.6) is 0 Å². The first-order valence-electron chi connectivity index (χ1n) is 4.73. The van der Waals surface area contributed by atoms with Gasteiger partial charge in [-0.25, -0.2) is 0 Å². The summed E-state index contributed by atoms with van der Waals surface area (Å²) in [7, 11) is 0. The molecule has 0 aromatic rings. The van der Waals surface area contributed by atoms with Crippen molar-refractivity contribution in [1.82, 2.24) is 4.90 Å². The van der Waals surface area contributed by atoms with E-state index in [-0.39, 0.29) is 0 Å². The van der Waals surface area contributed by atoms with Gasteiger partial charge in [-0.05, 0) is 25.8 Å². The van der Waals surface area contributed by atoms with Crippen LogP contribution in [-0.4, -0.2) is 35.7 Å². The molecule has 2 nitrogen and oxygen atoms in total. The van der Waals surface area contributed by atoms with Gasteiger partial charge in [-0.1, -0.05) is 13.3 Å². The van der Waals surface area contributed by atoms with Crippen LogP contribution in [0.1, 0.15) is 32.6 Å². The first-order chi connectivity index (χ1) is 5.38. The Balaban J connectivity index is 2.25. The summed E-state index contributed by atoms with van der Waals surface area (Å²) in [4.78, 5) is 2.42. The SMILES string of the molecule is CCC[C@H]1CCCN1CCO. The van der Waals surface area contributed by atoms with Crippen LogP contribution in [0.15, 0.2) is 0 Å². The topological polar surface area (TPSA) is 23.5 Å². The first kappa shape index (κ1) is 9.01. The number of likely N-dealkylation sites (tertiary alicyclic amines) is 1. The maximum Gasteiger partial charge on any atom is 0.0558 e. The molecule has 0 aromatic heterocycles. The highest BCUT2D eigenvalue weighted by Crippen LogP contribution is 2.20. The predicted molar refractivity (Wildman–Crippen MR) is 46.6 cm³/mol.